The Morgan fingerprint density at radius 3 is 2.52 bits per heavy atom. The predicted octanol–water partition coefficient (Wildman–Crippen LogP) is 2.93. The quantitative estimate of drug-likeness (QED) is 0.899. The molecule has 0 bridgehead atoms. The summed E-state index contributed by atoms with van der Waals surface area (Å²) in [5.74, 6) is -0.913. The second-order valence-electron chi connectivity index (χ2n) is 6.30. The molecule has 0 aliphatic heterocycles. The lowest BCUT2D eigenvalue weighted by Crippen LogP contribution is -2.53. The average Bonchev–Trinajstić information content (AvgIpc) is 2.97. The second kappa shape index (κ2) is 5.79. The third-order valence-electron chi connectivity index (χ3n) is 4.96. The highest BCUT2D eigenvalue weighted by atomic mass is 32.1. The van der Waals surface area contributed by atoms with Crippen molar-refractivity contribution in [2.24, 2.45) is 5.92 Å². The summed E-state index contributed by atoms with van der Waals surface area (Å²) in [6.45, 7) is 0. The molecule has 0 atom stereocenters. The van der Waals surface area contributed by atoms with Gasteiger partial charge in [-0.1, -0.05) is 25.3 Å². The van der Waals surface area contributed by atoms with Crippen molar-refractivity contribution in [3.63, 3.8) is 0 Å². The van der Waals surface area contributed by atoms with Crippen molar-refractivity contribution in [2.45, 2.75) is 56.4 Å². The highest BCUT2D eigenvalue weighted by Crippen LogP contribution is 2.42. The zero-order valence-electron chi connectivity index (χ0n) is 12.0. The van der Waals surface area contributed by atoms with Gasteiger partial charge in [0.2, 0.25) is 5.91 Å². The number of carbonyl (C=O) groups is 2. The molecule has 114 valence electrons. The molecule has 0 spiro atoms. The zero-order chi connectivity index (χ0) is 14.9. The van der Waals surface area contributed by atoms with Gasteiger partial charge in [-0.3, -0.25) is 9.59 Å². The van der Waals surface area contributed by atoms with Crippen LogP contribution in [0.1, 0.15) is 49.8 Å². The molecule has 1 heterocycles. The second-order valence-corrected chi connectivity index (χ2v) is 7.24. The van der Waals surface area contributed by atoms with Crippen molar-refractivity contribution in [2.75, 3.05) is 0 Å². The fourth-order valence-corrected chi connectivity index (χ4v) is 4.54. The van der Waals surface area contributed by atoms with Gasteiger partial charge in [0.15, 0.2) is 0 Å². The standard InChI is InChI=1S/C16H21NO3S/c18-14(19)11-9-12(10-11)17-15(20)16(6-2-1-3-7-16)13-5-4-8-21-13/h4-5,8,11-12H,1-3,6-7,9-10H2,(H,17,20)(H,18,19). The molecule has 0 radical (unpaired) electrons. The summed E-state index contributed by atoms with van der Waals surface area (Å²) in [7, 11) is 0. The van der Waals surface area contributed by atoms with E-state index >= 15 is 0 Å². The number of hydrogen-bond acceptors (Lipinski definition) is 3. The molecule has 21 heavy (non-hydrogen) atoms. The first-order valence-electron chi connectivity index (χ1n) is 7.69. The molecule has 4 nitrogen and oxygen atoms in total. The monoisotopic (exact) mass is 307 g/mol. The molecule has 2 fully saturated rings. The van der Waals surface area contributed by atoms with Gasteiger partial charge in [0.1, 0.15) is 0 Å². The minimum absolute atomic E-state index is 0.0392. The highest BCUT2D eigenvalue weighted by Gasteiger charge is 2.44. The summed E-state index contributed by atoms with van der Waals surface area (Å²) in [5.41, 5.74) is -0.374. The van der Waals surface area contributed by atoms with Gasteiger partial charge in [0, 0.05) is 10.9 Å². The van der Waals surface area contributed by atoms with Gasteiger partial charge in [0.05, 0.1) is 11.3 Å². The Morgan fingerprint density at radius 2 is 1.95 bits per heavy atom. The molecule has 2 saturated carbocycles. The Kier molecular flexibility index (Phi) is 4.02. The Hall–Kier alpha value is -1.36. The molecule has 2 aliphatic rings. The van der Waals surface area contributed by atoms with E-state index < -0.39 is 5.97 Å². The third-order valence-corrected chi connectivity index (χ3v) is 6.03. The van der Waals surface area contributed by atoms with E-state index in [-0.39, 0.29) is 23.3 Å². The molecule has 3 rings (SSSR count). The average molecular weight is 307 g/mol. The largest absolute Gasteiger partial charge is 0.481 e. The number of carboxylic acids is 1. The smallest absolute Gasteiger partial charge is 0.306 e. The maximum atomic E-state index is 12.8. The van der Waals surface area contributed by atoms with Gasteiger partial charge in [-0.15, -0.1) is 11.3 Å². The fourth-order valence-electron chi connectivity index (χ4n) is 3.55. The maximum Gasteiger partial charge on any atom is 0.306 e. The lowest BCUT2D eigenvalue weighted by Gasteiger charge is -2.39. The van der Waals surface area contributed by atoms with E-state index in [1.54, 1.807) is 11.3 Å². The summed E-state index contributed by atoms with van der Waals surface area (Å²) in [5, 5.41) is 14.1. The van der Waals surface area contributed by atoms with E-state index in [1.807, 2.05) is 11.4 Å². The topological polar surface area (TPSA) is 66.4 Å². The molecular formula is C16H21NO3S. The Bertz CT molecular complexity index is 514. The Labute approximate surface area is 128 Å². The van der Waals surface area contributed by atoms with Crippen molar-refractivity contribution >= 4 is 23.2 Å². The highest BCUT2D eigenvalue weighted by molar-refractivity contribution is 7.10. The van der Waals surface area contributed by atoms with Crippen LogP contribution < -0.4 is 5.32 Å². The van der Waals surface area contributed by atoms with E-state index in [2.05, 4.69) is 11.4 Å². The minimum Gasteiger partial charge on any atom is -0.481 e. The molecule has 5 heteroatoms. The number of amides is 1. The van der Waals surface area contributed by atoms with Crippen LogP contribution in [0.15, 0.2) is 17.5 Å². The van der Waals surface area contributed by atoms with Crippen LogP contribution in [0.25, 0.3) is 0 Å². The van der Waals surface area contributed by atoms with E-state index in [0.29, 0.717) is 12.8 Å². The first kappa shape index (κ1) is 14.6. The van der Waals surface area contributed by atoms with E-state index in [9.17, 15) is 9.59 Å². The lowest BCUT2D eigenvalue weighted by atomic mass is 9.71. The maximum absolute atomic E-state index is 12.8. The van der Waals surface area contributed by atoms with Crippen molar-refractivity contribution in [3.8, 4) is 0 Å². The normalized spacial score (nSPS) is 27.6. The first-order valence-corrected chi connectivity index (χ1v) is 8.57. The molecule has 2 N–H and O–H groups in total. The SMILES string of the molecule is O=C(O)C1CC(NC(=O)C2(c3cccs3)CCCCC2)C1. The van der Waals surface area contributed by atoms with Crippen molar-refractivity contribution in [3.05, 3.63) is 22.4 Å². The third kappa shape index (κ3) is 2.71. The van der Waals surface area contributed by atoms with Crippen molar-refractivity contribution in [1.82, 2.24) is 5.32 Å². The zero-order valence-corrected chi connectivity index (χ0v) is 12.8. The fraction of sp³-hybridized carbons (Fsp3) is 0.625. The minimum atomic E-state index is -0.744. The number of hydrogen-bond donors (Lipinski definition) is 2. The van der Waals surface area contributed by atoms with Crippen LogP contribution in [0.3, 0.4) is 0 Å². The summed E-state index contributed by atoms with van der Waals surface area (Å²) in [6.07, 6.45) is 6.35. The molecule has 2 aliphatic carbocycles. The molecule has 1 amide bonds. The Balaban J connectivity index is 1.69. The summed E-state index contributed by atoms with van der Waals surface area (Å²) in [6, 6.07) is 4.11. The lowest BCUT2D eigenvalue weighted by molar-refractivity contribution is -0.146. The number of carboxylic acid groups (broad SMARTS) is 1. The molecule has 0 unspecified atom stereocenters. The van der Waals surface area contributed by atoms with Crippen LogP contribution in [-0.4, -0.2) is 23.0 Å². The molecular weight excluding hydrogens is 286 g/mol. The number of thiophene rings is 1. The van der Waals surface area contributed by atoms with Gasteiger partial charge in [-0.2, -0.15) is 0 Å². The molecule has 1 aromatic rings. The van der Waals surface area contributed by atoms with Crippen LogP contribution in [0.4, 0.5) is 0 Å². The van der Waals surface area contributed by atoms with Crippen LogP contribution >= 0.6 is 11.3 Å². The van der Waals surface area contributed by atoms with Gasteiger partial charge in [0.25, 0.3) is 0 Å². The van der Waals surface area contributed by atoms with Gasteiger partial charge < -0.3 is 10.4 Å². The summed E-state index contributed by atoms with van der Waals surface area (Å²) < 4.78 is 0. The molecule has 1 aromatic heterocycles. The first-order chi connectivity index (χ1) is 10.1. The summed E-state index contributed by atoms with van der Waals surface area (Å²) in [4.78, 5) is 24.9. The van der Waals surface area contributed by atoms with Gasteiger partial charge in [-0.05, 0) is 37.1 Å². The van der Waals surface area contributed by atoms with Crippen LogP contribution in [-0.2, 0) is 15.0 Å². The molecule has 0 saturated heterocycles. The van der Waals surface area contributed by atoms with Crippen molar-refractivity contribution in [1.29, 1.82) is 0 Å². The van der Waals surface area contributed by atoms with Crippen LogP contribution in [0, 0.1) is 5.92 Å². The number of carbonyl (C=O) groups excluding carboxylic acids is 1. The number of aliphatic carboxylic acids is 1. The van der Waals surface area contributed by atoms with E-state index in [1.165, 1.54) is 6.42 Å². The van der Waals surface area contributed by atoms with Crippen LogP contribution in [0.5, 0.6) is 0 Å². The van der Waals surface area contributed by atoms with Crippen LogP contribution in [0.2, 0.25) is 0 Å². The Morgan fingerprint density at radius 1 is 1.24 bits per heavy atom. The summed E-state index contributed by atoms with van der Waals surface area (Å²) >= 11 is 1.66. The number of nitrogens with one attached hydrogen (secondary N) is 1. The van der Waals surface area contributed by atoms with E-state index in [0.717, 1.165) is 30.6 Å². The van der Waals surface area contributed by atoms with Crippen molar-refractivity contribution < 1.29 is 14.7 Å². The number of rotatable bonds is 4. The predicted molar refractivity (Wildman–Crippen MR) is 81.4 cm³/mol. The molecule has 0 aromatic carbocycles. The van der Waals surface area contributed by atoms with Gasteiger partial charge in [-0.25, -0.2) is 0 Å². The van der Waals surface area contributed by atoms with Gasteiger partial charge >= 0.3 is 5.97 Å². The van der Waals surface area contributed by atoms with E-state index in [4.69, 9.17) is 5.11 Å².